The minimum Gasteiger partial charge on any atom is -0.349 e. The van der Waals surface area contributed by atoms with Gasteiger partial charge >= 0.3 is 0 Å². The molecule has 1 aromatic carbocycles. The zero-order valence-electron chi connectivity index (χ0n) is 12.4. The van der Waals surface area contributed by atoms with Crippen LogP contribution in [0.4, 0.5) is 11.6 Å². The van der Waals surface area contributed by atoms with E-state index in [0.29, 0.717) is 33.1 Å². The summed E-state index contributed by atoms with van der Waals surface area (Å²) in [7, 11) is 0. The number of carbonyl (C=O) groups excluding carboxylic acids is 1. The summed E-state index contributed by atoms with van der Waals surface area (Å²) in [4.78, 5) is 20.5. The molecule has 2 N–H and O–H groups in total. The van der Waals surface area contributed by atoms with Gasteiger partial charge in [-0.25, -0.2) is 9.97 Å². The third kappa shape index (κ3) is 4.32. The second kappa shape index (κ2) is 6.94. The highest BCUT2D eigenvalue weighted by atomic mass is 35.5. The Bertz CT molecular complexity index is 704. The predicted octanol–water partition coefficient (Wildman–Crippen LogP) is 3.97. The number of rotatable bonds is 4. The van der Waals surface area contributed by atoms with Gasteiger partial charge in [0, 0.05) is 16.8 Å². The van der Waals surface area contributed by atoms with Crippen molar-refractivity contribution in [3.63, 3.8) is 0 Å². The van der Waals surface area contributed by atoms with Gasteiger partial charge in [-0.3, -0.25) is 4.79 Å². The van der Waals surface area contributed by atoms with Crippen molar-refractivity contribution in [3.05, 3.63) is 45.7 Å². The topological polar surface area (TPSA) is 66.9 Å². The van der Waals surface area contributed by atoms with Crippen molar-refractivity contribution in [1.82, 2.24) is 15.3 Å². The SMILES string of the molecule is Cc1cc(C(=O)NC(C)C)nc(Nc2ccc(Cl)cc2Cl)n1. The van der Waals surface area contributed by atoms with Crippen LogP contribution in [0.5, 0.6) is 0 Å². The van der Waals surface area contributed by atoms with Crippen LogP contribution in [0, 0.1) is 6.92 Å². The Labute approximate surface area is 139 Å². The molecule has 0 fully saturated rings. The number of benzene rings is 1. The quantitative estimate of drug-likeness (QED) is 0.884. The number of hydrogen-bond acceptors (Lipinski definition) is 4. The van der Waals surface area contributed by atoms with Gasteiger partial charge in [0.1, 0.15) is 5.69 Å². The highest BCUT2D eigenvalue weighted by Gasteiger charge is 2.12. The third-order valence-electron chi connectivity index (χ3n) is 2.68. The second-order valence-electron chi connectivity index (χ2n) is 5.10. The molecule has 0 radical (unpaired) electrons. The number of halogens is 2. The number of anilines is 2. The van der Waals surface area contributed by atoms with E-state index >= 15 is 0 Å². The molecule has 1 amide bonds. The first-order valence-electron chi connectivity index (χ1n) is 6.74. The van der Waals surface area contributed by atoms with Gasteiger partial charge in [0.15, 0.2) is 0 Å². The van der Waals surface area contributed by atoms with Gasteiger partial charge in [-0.15, -0.1) is 0 Å². The molecular formula is C15H16Cl2N4O. The summed E-state index contributed by atoms with van der Waals surface area (Å²) in [6, 6.07) is 6.72. The summed E-state index contributed by atoms with van der Waals surface area (Å²) >= 11 is 12.0. The lowest BCUT2D eigenvalue weighted by Crippen LogP contribution is -2.31. The van der Waals surface area contributed by atoms with E-state index in [4.69, 9.17) is 23.2 Å². The molecular weight excluding hydrogens is 323 g/mol. The molecule has 0 atom stereocenters. The standard InChI is InChI=1S/C15H16Cl2N4O/c1-8(2)18-14(22)13-6-9(3)19-15(21-13)20-12-5-4-10(16)7-11(12)17/h4-8H,1-3H3,(H,18,22)(H,19,20,21). The van der Waals surface area contributed by atoms with Crippen LogP contribution in [-0.2, 0) is 0 Å². The Kier molecular flexibility index (Phi) is 5.21. The van der Waals surface area contributed by atoms with Gasteiger partial charge in [0.25, 0.3) is 5.91 Å². The molecule has 2 rings (SSSR count). The number of amides is 1. The summed E-state index contributed by atoms with van der Waals surface area (Å²) in [5, 5.41) is 6.78. The van der Waals surface area contributed by atoms with Crippen LogP contribution in [0.15, 0.2) is 24.3 Å². The first-order chi connectivity index (χ1) is 10.3. The number of nitrogens with zero attached hydrogens (tertiary/aromatic N) is 2. The zero-order valence-corrected chi connectivity index (χ0v) is 14.0. The minimum atomic E-state index is -0.245. The van der Waals surface area contributed by atoms with Crippen LogP contribution < -0.4 is 10.6 Å². The monoisotopic (exact) mass is 338 g/mol. The number of hydrogen-bond donors (Lipinski definition) is 2. The Balaban J connectivity index is 2.28. The molecule has 7 heteroatoms. The first kappa shape index (κ1) is 16.5. The Morgan fingerprint density at radius 1 is 1.18 bits per heavy atom. The number of aromatic nitrogens is 2. The maximum Gasteiger partial charge on any atom is 0.270 e. The highest BCUT2D eigenvalue weighted by Crippen LogP contribution is 2.27. The van der Waals surface area contributed by atoms with E-state index in [2.05, 4.69) is 20.6 Å². The van der Waals surface area contributed by atoms with Crippen LogP contribution in [0.2, 0.25) is 10.0 Å². The smallest absolute Gasteiger partial charge is 0.270 e. The highest BCUT2D eigenvalue weighted by molar-refractivity contribution is 6.36. The van der Waals surface area contributed by atoms with Gasteiger partial charge in [0.05, 0.1) is 10.7 Å². The average Bonchev–Trinajstić information content (AvgIpc) is 2.40. The zero-order chi connectivity index (χ0) is 16.3. The van der Waals surface area contributed by atoms with E-state index in [1.165, 1.54) is 0 Å². The van der Waals surface area contributed by atoms with Crippen LogP contribution in [0.3, 0.4) is 0 Å². The Morgan fingerprint density at radius 3 is 2.55 bits per heavy atom. The van der Waals surface area contributed by atoms with Crippen LogP contribution >= 0.6 is 23.2 Å². The second-order valence-corrected chi connectivity index (χ2v) is 5.94. The third-order valence-corrected chi connectivity index (χ3v) is 3.23. The fourth-order valence-corrected chi connectivity index (χ4v) is 2.24. The lowest BCUT2D eigenvalue weighted by atomic mass is 10.3. The molecule has 0 spiro atoms. The fourth-order valence-electron chi connectivity index (χ4n) is 1.79. The van der Waals surface area contributed by atoms with E-state index in [1.54, 1.807) is 31.2 Å². The fraction of sp³-hybridized carbons (Fsp3) is 0.267. The number of nitrogens with one attached hydrogen (secondary N) is 2. The summed E-state index contributed by atoms with van der Waals surface area (Å²) < 4.78 is 0. The molecule has 1 aromatic heterocycles. The molecule has 0 aliphatic heterocycles. The molecule has 1 heterocycles. The molecule has 116 valence electrons. The molecule has 0 aliphatic rings. The van der Waals surface area contributed by atoms with E-state index in [-0.39, 0.29) is 11.9 Å². The molecule has 0 saturated heterocycles. The number of carbonyl (C=O) groups is 1. The molecule has 22 heavy (non-hydrogen) atoms. The van der Waals surface area contributed by atoms with Gasteiger partial charge in [-0.1, -0.05) is 23.2 Å². The average molecular weight is 339 g/mol. The maximum absolute atomic E-state index is 12.1. The van der Waals surface area contributed by atoms with Gasteiger partial charge in [-0.2, -0.15) is 0 Å². The number of aryl methyl sites for hydroxylation is 1. The molecule has 0 aliphatic carbocycles. The largest absolute Gasteiger partial charge is 0.349 e. The van der Waals surface area contributed by atoms with Crippen molar-refractivity contribution in [2.45, 2.75) is 26.8 Å². The van der Waals surface area contributed by atoms with Gasteiger partial charge in [-0.05, 0) is 45.0 Å². The van der Waals surface area contributed by atoms with Gasteiger partial charge < -0.3 is 10.6 Å². The summed E-state index contributed by atoms with van der Waals surface area (Å²) in [6.45, 7) is 5.57. The first-order valence-corrected chi connectivity index (χ1v) is 7.49. The van der Waals surface area contributed by atoms with E-state index in [1.807, 2.05) is 13.8 Å². The lowest BCUT2D eigenvalue weighted by Gasteiger charge is -2.11. The maximum atomic E-state index is 12.1. The van der Waals surface area contributed by atoms with Crippen LogP contribution in [-0.4, -0.2) is 21.9 Å². The van der Waals surface area contributed by atoms with Crippen LogP contribution in [0.25, 0.3) is 0 Å². The van der Waals surface area contributed by atoms with Crippen molar-refractivity contribution in [2.75, 3.05) is 5.32 Å². The van der Waals surface area contributed by atoms with Crippen LogP contribution in [0.1, 0.15) is 30.0 Å². The summed E-state index contributed by atoms with van der Waals surface area (Å²) in [5.74, 6) is 0.0591. The van der Waals surface area contributed by atoms with Crippen molar-refractivity contribution >= 4 is 40.7 Å². The van der Waals surface area contributed by atoms with Crippen molar-refractivity contribution in [2.24, 2.45) is 0 Å². The predicted molar refractivity (Wildman–Crippen MR) is 89.1 cm³/mol. The van der Waals surface area contributed by atoms with Crippen molar-refractivity contribution in [3.8, 4) is 0 Å². The summed E-state index contributed by atoms with van der Waals surface area (Å²) in [5.41, 5.74) is 1.59. The van der Waals surface area contributed by atoms with E-state index in [0.717, 1.165) is 0 Å². The van der Waals surface area contributed by atoms with Crippen molar-refractivity contribution < 1.29 is 4.79 Å². The Hall–Kier alpha value is -1.85. The molecule has 5 nitrogen and oxygen atoms in total. The lowest BCUT2D eigenvalue weighted by molar-refractivity contribution is 0.0938. The normalized spacial score (nSPS) is 10.6. The molecule has 0 bridgehead atoms. The van der Waals surface area contributed by atoms with E-state index in [9.17, 15) is 4.79 Å². The van der Waals surface area contributed by atoms with Gasteiger partial charge in [0.2, 0.25) is 5.95 Å². The minimum absolute atomic E-state index is 0.0323. The van der Waals surface area contributed by atoms with E-state index < -0.39 is 0 Å². The van der Waals surface area contributed by atoms with Crippen molar-refractivity contribution in [1.29, 1.82) is 0 Å². The molecule has 2 aromatic rings. The Morgan fingerprint density at radius 2 is 1.91 bits per heavy atom. The molecule has 0 saturated carbocycles. The molecule has 0 unspecified atom stereocenters. The summed E-state index contributed by atoms with van der Waals surface area (Å²) in [6.07, 6.45) is 0.